The third kappa shape index (κ3) is 4.78. The fourth-order valence-electron chi connectivity index (χ4n) is 4.83. The van der Waals surface area contributed by atoms with Crippen molar-refractivity contribution < 1.29 is 9.90 Å². The Bertz CT molecular complexity index is 1060. The molecule has 2 aromatic carbocycles. The maximum absolute atomic E-state index is 13.3. The molecule has 5 nitrogen and oxygen atoms in total. The Labute approximate surface area is 190 Å². The molecule has 0 aliphatic heterocycles. The van der Waals surface area contributed by atoms with Crippen molar-refractivity contribution in [2.45, 2.75) is 57.8 Å². The number of aliphatic hydroxyl groups is 1. The van der Waals surface area contributed by atoms with Gasteiger partial charge in [0.25, 0.3) is 5.91 Å². The van der Waals surface area contributed by atoms with E-state index in [-0.39, 0.29) is 17.9 Å². The van der Waals surface area contributed by atoms with Gasteiger partial charge in [-0.05, 0) is 49.9 Å². The Morgan fingerprint density at radius 3 is 2.53 bits per heavy atom. The van der Waals surface area contributed by atoms with Crippen molar-refractivity contribution in [2.75, 3.05) is 13.2 Å². The highest BCUT2D eigenvalue weighted by Gasteiger charge is 2.34. The molecule has 0 atom stereocenters. The third-order valence-electron chi connectivity index (χ3n) is 6.85. The van der Waals surface area contributed by atoms with Crippen LogP contribution in [0, 0.1) is 13.8 Å². The molecule has 1 aliphatic carbocycles. The molecule has 4 rings (SSSR count). The highest BCUT2D eigenvalue weighted by Crippen LogP contribution is 2.39. The predicted molar refractivity (Wildman–Crippen MR) is 128 cm³/mol. The van der Waals surface area contributed by atoms with Gasteiger partial charge in [0.2, 0.25) is 0 Å². The number of aryl methyl sites for hydroxylation is 2. The van der Waals surface area contributed by atoms with Gasteiger partial charge < -0.3 is 10.4 Å². The quantitative estimate of drug-likeness (QED) is 0.500. The standard InChI is InChI=1S/C27H33N3O2/c1-19-6-10-22(11-7-19)27(13-4-3-5-14-27)18-28-26(32)24-16-21(9-8-20(24)2)25-17-23(12-15-31)29-30-25/h6-11,16-17,31H,3-5,12-15,18H2,1-2H3,(H,28,32)(H,29,30). The van der Waals surface area contributed by atoms with Gasteiger partial charge in [-0.15, -0.1) is 0 Å². The van der Waals surface area contributed by atoms with Gasteiger partial charge in [0, 0.05) is 41.8 Å². The van der Waals surface area contributed by atoms with E-state index in [2.05, 4.69) is 46.7 Å². The Hall–Kier alpha value is -2.92. The number of hydrogen-bond donors (Lipinski definition) is 3. The van der Waals surface area contributed by atoms with Gasteiger partial charge in [0.15, 0.2) is 0 Å². The van der Waals surface area contributed by atoms with Crippen molar-refractivity contribution >= 4 is 5.91 Å². The molecule has 1 heterocycles. The molecule has 0 unspecified atom stereocenters. The first-order valence-electron chi connectivity index (χ1n) is 11.6. The zero-order chi connectivity index (χ0) is 22.6. The lowest BCUT2D eigenvalue weighted by molar-refractivity contribution is 0.0936. The second kappa shape index (κ2) is 9.70. The van der Waals surface area contributed by atoms with Crippen molar-refractivity contribution in [1.82, 2.24) is 15.5 Å². The summed E-state index contributed by atoms with van der Waals surface area (Å²) in [5.74, 6) is -0.0347. The normalized spacial score (nSPS) is 15.5. The zero-order valence-electron chi connectivity index (χ0n) is 19.1. The number of nitrogens with zero attached hydrogens (tertiary/aromatic N) is 1. The van der Waals surface area contributed by atoms with Gasteiger partial charge in [0.05, 0.1) is 5.69 Å². The minimum atomic E-state index is -0.0347. The third-order valence-corrected chi connectivity index (χ3v) is 6.85. The minimum absolute atomic E-state index is 0.00845. The fourth-order valence-corrected chi connectivity index (χ4v) is 4.83. The van der Waals surface area contributed by atoms with Gasteiger partial charge in [-0.3, -0.25) is 9.89 Å². The van der Waals surface area contributed by atoms with Crippen LogP contribution in [0.2, 0.25) is 0 Å². The Balaban J connectivity index is 1.54. The first-order chi connectivity index (χ1) is 15.5. The van der Waals surface area contributed by atoms with E-state index >= 15 is 0 Å². The number of hydrogen-bond acceptors (Lipinski definition) is 3. The summed E-state index contributed by atoms with van der Waals surface area (Å²) in [4.78, 5) is 13.3. The summed E-state index contributed by atoms with van der Waals surface area (Å²) >= 11 is 0. The van der Waals surface area contributed by atoms with E-state index in [0.29, 0.717) is 18.5 Å². The first kappa shape index (κ1) is 22.3. The van der Waals surface area contributed by atoms with E-state index in [1.165, 1.54) is 30.4 Å². The molecule has 32 heavy (non-hydrogen) atoms. The summed E-state index contributed by atoms with van der Waals surface area (Å²) in [6.07, 6.45) is 6.42. The van der Waals surface area contributed by atoms with Gasteiger partial charge in [-0.2, -0.15) is 5.10 Å². The van der Waals surface area contributed by atoms with Crippen LogP contribution in [0.25, 0.3) is 11.3 Å². The summed E-state index contributed by atoms with van der Waals surface area (Å²) in [5.41, 5.74) is 6.80. The largest absolute Gasteiger partial charge is 0.396 e. The van der Waals surface area contributed by atoms with Crippen LogP contribution in [-0.2, 0) is 11.8 Å². The van der Waals surface area contributed by atoms with Gasteiger partial charge >= 0.3 is 0 Å². The van der Waals surface area contributed by atoms with E-state index in [1.54, 1.807) is 0 Å². The van der Waals surface area contributed by atoms with Crippen LogP contribution in [-0.4, -0.2) is 34.4 Å². The molecule has 1 aromatic heterocycles. The average molecular weight is 432 g/mol. The van der Waals surface area contributed by atoms with Crippen LogP contribution in [0.15, 0.2) is 48.5 Å². The van der Waals surface area contributed by atoms with Gasteiger partial charge in [0.1, 0.15) is 0 Å². The number of carbonyl (C=O) groups is 1. The molecule has 0 radical (unpaired) electrons. The number of nitrogens with one attached hydrogen (secondary N) is 2. The van der Waals surface area contributed by atoms with E-state index in [4.69, 9.17) is 5.11 Å². The van der Waals surface area contributed by atoms with Crippen molar-refractivity contribution in [1.29, 1.82) is 0 Å². The second-order valence-electron chi connectivity index (χ2n) is 9.17. The van der Waals surface area contributed by atoms with Gasteiger partial charge in [-0.1, -0.05) is 61.2 Å². The van der Waals surface area contributed by atoms with Crippen molar-refractivity contribution in [3.8, 4) is 11.3 Å². The summed E-state index contributed by atoms with van der Waals surface area (Å²) < 4.78 is 0. The highest BCUT2D eigenvalue weighted by molar-refractivity contribution is 5.96. The summed E-state index contributed by atoms with van der Waals surface area (Å²) in [7, 11) is 0. The average Bonchev–Trinajstić information content (AvgIpc) is 3.28. The molecule has 5 heteroatoms. The predicted octanol–water partition coefficient (Wildman–Crippen LogP) is 4.86. The van der Waals surface area contributed by atoms with E-state index < -0.39 is 0 Å². The second-order valence-corrected chi connectivity index (χ2v) is 9.17. The van der Waals surface area contributed by atoms with Gasteiger partial charge in [-0.25, -0.2) is 0 Å². The Morgan fingerprint density at radius 2 is 1.81 bits per heavy atom. The topological polar surface area (TPSA) is 78.0 Å². The summed E-state index contributed by atoms with van der Waals surface area (Å²) in [6, 6.07) is 16.6. The number of aromatic nitrogens is 2. The minimum Gasteiger partial charge on any atom is -0.396 e. The Kier molecular flexibility index (Phi) is 6.75. The van der Waals surface area contributed by atoms with Crippen LogP contribution >= 0.6 is 0 Å². The Morgan fingerprint density at radius 1 is 1.06 bits per heavy atom. The van der Waals surface area contributed by atoms with Crippen LogP contribution in [0.4, 0.5) is 0 Å². The van der Waals surface area contributed by atoms with Crippen molar-refractivity contribution in [3.05, 3.63) is 76.5 Å². The molecular weight excluding hydrogens is 398 g/mol. The SMILES string of the molecule is Cc1ccc(C2(CNC(=O)c3cc(-c4cc(CCO)[nH]n4)ccc3C)CCCCC2)cc1. The molecule has 1 fully saturated rings. The van der Waals surface area contributed by atoms with E-state index in [9.17, 15) is 4.79 Å². The maximum Gasteiger partial charge on any atom is 0.251 e. The number of amides is 1. The van der Waals surface area contributed by atoms with Crippen molar-refractivity contribution in [2.24, 2.45) is 0 Å². The molecule has 1 amide bonds. The number of aliphatic hydroxyl groups excluding tert-OH is 1. The number of rotatable bonds is 7. The number of benzene rings is 2. The van der Waals surface area contributed by atoms with Crippen LogP contribution in [0.1, 0.15) is 64.8 Å². The van der Waals surface area contributed by atoms with Crippen LogP contribution in [0.5, 0.6) is 0 Å². The first-order valence-corrected chi connectivity index (χ1v) is 11.6. The number of carbonyl (C=O) groups excluding carboxylic acids is 1. The van der Waals surface area contributed by atoms with Crippen molar-refractivity contribution in [3.63, 3.8) is 0 Å². The molecule has 1 saturated carbocycles. The molecule has 1 aliphatic rings. The number of aromatic amines is 1. The van der Waals surface area contributed by atoms with E-state index in [0.717, 1.165) is 35.4 Å². The molecule has 0 saturated heterocycles. The van der Waals surface area contributed by atoms with Crippen LogP contribution < -0.4 is 5.32 Å². The smallest absolute Gasteiger partial charge is 0.251 e. The fraction of sp³-hybridized carbons (Fsp3) is 0.407. The molecule has 0 bridgehead atoms. The highest BCUT2D eigenvalue weighted by atomic mass is 16.3. The molecule has 3 N–H and O–H groups in total. The lowest BCUT2D eigenvalue weighted by Gasteiger charge is -2.38. The lowest BCUT2D eigenvalue weighted by Crippen LogP contribution is -2.42. The molecular formula is C27H33N3O2. The molecule has 0 spiro atoms. The van der Waals surface area contributed by atoms with Crippen LogP contribution in [0.3, 0.4) is 0 Å². The number of H-pyrrole nitrogens is 1. The molecule has 168 valence electrons. The zero-order valence-corrected chi connectivity index (χ0v) is 19.1. The monoisotopic (exact) mass is 431 g/mol. The molecule has 3 aromatic rings. The maximum atomic E-state index is 13.3. The lowest BCUT2D eigenvalue weighted by atomic mass is 9.69. The summed E-state index contributed by atoms with van der Waals surface area (Å²) in [6.45, 7) is 4.81. The summed E-state index contributed by atoms with van der Waals surface area (Å²) in [5, 5.41) is 19.7. The van der Waals surface area contributed by atoms with E-state index in [1.807, 2.05) is 31.2 Å².